The van der Waals surface area contributed by atoms with E-state index in [1.807, 2.05) is 49.3 Å². The van der Waals surface area contributed by atoms with Gasteiger partial charge in [0.25, 0.3) is 5.91 Å². The smallest absolute Gasteiger partial charge is 0.254 e. The van der Waals surface area contributed by atoms with Crippen molar-refractivity contribution in [1.82, 2.24) is 14.8 Å². The SMILES string of the molecule is CN(C)CCN(C[C@H]1CCCO1)C(=O)c1cccc(-c2cncc(N)c2)c1. The van der Waals surface area contributed by atoms with Gasteiger partial charge in [-0.05, 0) is 50.7 Å². The van der Waals surface area contributed by atoms with Gasteiger partial charge in [-0.15, -0.1) is 0 Å². The number of pyridine rings is 1. The Bertz CT molecular complexity index is 772. The number of likely N-dealkylation sites (N-methyl/N-ethyl adjacent to an activating group) is 1. The lowest BCUT2D eigenvalue weighted by Crippen LogP contribution is -2.41. The minimum atomic E-state index is 0.0334. The quantitative estimate of drug-likeness (QED) is 0.813. The van der Waals surface area contributed by atoms with E-state index in [0.29, 0.717) is 24.3 Å². The molecule has 3 rings (SSSR count). The summed E-state index contributed by atoms with van der Waals surface area (Å²) in [5.74, 6) is 0.0334. The van der Waals surface area contributed by atoms with Gasteiger partial charge < -0.3 is 20.3 Å². The van der Waals surface area contributed by atoms with Gasteiger partial charge in [0.2, 0.25) is 0 Å². The second kappa shape index (κ2) is 8.97. The Hall–Kier alpha value is -2.44. The Morgan fingerprint density at radius 2 is 2.07 bits per heavy atom. The fraction of sp³-hybridized carbons (Fsp3) is 0.429. The number of ether oxygens (including phenoxy) is 1. The van der Waals surface area contributed by atoms with Crippen molar-refractivity contribution in [3.63, 3.8) is 0 Å². The summed E-state index contributed by atoms with van der Waals surface area (Å²) in [6.07, 6.45) is 5.59. The van der Waals surface area contributed by atoms with Crippen molar-refractivity contribution in [1.29, 1.82) is 0 Å². The third kappa shape index (κ3) is 5.28. The molecule has 144 valence electrons. The van der Waals surface area contributed by atoms with Crippen LogP contribution in [0, 0.1) is 0 Å². The molecule has 1 aliphatic rings. The topological polar surface area (TPSA) is 71.7 Å². The minimum Gasteiger partial charge on any atom is -0.397 e. The molecule has 2 heterocycles. The normalized spacial score (nSPS) is 16.6. The van der Waals surface area contributed by atoms with E-state index in [0.717, 1.165) is 37.1 Å². The first-order valence-electron chi connectivity index (χ1n) is 9.39. The summed E-state index contributed by atoms with van der Waals surface area (Å²) in [5.41, 5.74) is 8.97. The van der Waals surface area contributed by atoms with Crippen LogP contribution >= 0.6 is 0 Å². The lowest BCUT2D eigenvalue weighted by Gasteiger charge is -2.27. The molecule has 6 heteroatoms. The molecule has 1 atom stereocenters. The van der Waals surface area contributed by atoms with E-state index in [9.17, 15) is 4.79 Å². The standard InChI is InChI=1S/C21H28N4O2/c1-24(2)8-9-25(15-20-7-4-10-27-20)21(26)17-6-3-5-16(11-17)18-12-19(22)14-23-13-18/h3,5-6,11-14,20H,4,7-10,15,22H2,1-2H3/t20-/m1/s1. The van der Waals surface area contributed by atoms with Gasteiger partial charge in [0, 0.05) is 49.8 Å². The Labute approximate surface area is 160 Å². The number of nitrogen functional groups attached to an aromatic ring is 1. The van der Waals surface area contributed by atoms with E-state index in [-0.39, 0.29) is 12.0 Å². The highest BCUT2D eigenvalue weighted by molar-refractivity contribution is 5.95. The second-order valence-electron chi connectivity index (χ2n) is 7.28. The summed E-state index contributed by atoms with van der Waals surface area (Å²) in [6.45, 7) is 2.92. The molecule has 1 saturated heterocycles. The first-order valence-corrected chi connectivity index (χ1v) is 9.39. The van der Waals surface area contributed by atoms with Crippen LogP contribution in [0.5, 0.6) is 0 Å². The third-order valence-corrected chi connectivity index (χ3v) is 4.75. The van der Waals surface area contributed by atoms with Crippen molar-refractivity contribution in [3.8, 4) is 11.1 Å². The molecule has 27 heavy (non-hydrogen) atoms. The van der Waals surface area contributed by atoms with E-state index in [4.69, 9.17) is 10.5 Å². The van der Waals surface area contributed by atoms with Crippen molar-refractivity contribution < 1.29 is 9.53 Å². The van der Waals surface area contributed by atoms with E-state index >= 15 is 0 Å². The average Bonchev–Trinajstić information content (AvgIpc) is 3.18. The Balaban J connectivity index is 1.80. The zero-order valence-corrected chi connectivity index (χ0v) is 16.1. The number of nitrogens with two attached hydrogens (primary N) is 1. The maximum atomic E-state index is 13.2. The van der Waals surface area contributed by atoms with E-state index in [1.165, 1.54) is 0 Å². The van der Waals surface area contributed by atoms with Gasteiger partial charge in [-0.2, -0.15) is 0 Å². The third-order valence-electron chi connectivity index (χ3n) is 4.75. The molecule has 0 unspecified atom stereocenters. The fourth-order valence-electron chi connectivity index (χ4n) is 3.26. The maximum Gasteiger partial charge on any atom is 0.254 e. The highest BCUT2D eigenvalue weighted by atomic mass is 16.5. The van der Waals surface area contributed by atoms with Crippen LogP contribution in [-0.4, -0.2) is 67.1 Å². The van der Waals surface area contributed by atoms with Crippen LogP contribution in [0.15, 0.2) is 42.7 Å². The molecule has 0 radical (unpaired) electrons. The zero-order chi connectivity index (χ0) is 19.2. The van der Waals surface area contributed by atoms with Crippen LogP contribution < -0.4 is 5.73 Å². The number of aromatic nitrogens is 1. The summed E-state index contributed by atoms with van der Waals surface area (Å²) in [4.78, 5) is 21.3. The van der Waals surface area contributed by atoms with Crippen molar-refractivity contribution >= 4 is 11.6 Å². The minimum absolute atomic E-state index is 0.0334. The van der Waals surface area contributed by atoms with Gasteiger partial charge in [0.1, 0.15) is 0 Å². The Morgan fingerprint density at radius 1 is 1.22 bits per heavy atom. The predicted octanol–water partition coefficient (Wildman–Crippen LogP) is 2.51. The molecule has 1 fully saturated rings. The Kier molecular flexibility index (Phi) is 6.42. The largest absolute Gasteiger partial charge is 0.397 e. The van der Waals surface area contributed by atoms with E-state index in [1.54, 1.807) is 12.4 Å². The molecular formula is C21H28N4O2. The number of benzene rings is 1. The van der Waals surface area contributed by atoms with Gasteiger partial charge in [-0.3, -0.25) is 9.78 Å². The van der Waals surface area contributed by atoms with Crippen molar-refractivity contribution in [2.75, 3.05) is 46.1 Å². The lowest BCUT2D eigenvalue weighted by atomic mass is 10.0. The summed E-state index contributed by atoms with van der Waals surface area (Å²) in [5, 5.41) is 0. The molecule has 2 aromatic rings. The van der Waals surface area contributed by atoms with E-state index < -0.39 is 0 Å². The van der Waals surface area contributed by atoms with Crippen molar-refractivity contribution in [3.05, 3.63) is 48.3 Å². The molecule has 1 aromatic heterocycles. The molecule has 1 amide bonds. The molecule has 0 spiro atoms. The fourth-order valence-corrected chi connectivity index (χ4v) is 3.26. The number of hydrogen-bond donors (Lipinski definition) is 1. The lowest BCUT2D eigenvalue weighted by molar-refractivity contribution is 0.0512. The number of carbonyl (C=O) groups excluding carboxylic acids is 1. The van der Waals surface area contributed by atoms with Gasteiger partial charge >= 0.3 is 0 Å². The maximum absolute atomic E-state index is 13.2. The van der Waals surface area contributed by atoms with Gasteiger partial charge in [-0.25, -0.2) is 0 Å². The number of anilines is 1. The van der Waals surface area contributed by atoms with Crippen LogP contribution in [0.25, 0.3) is 11.1 Å². The van der Waals surface area contributed by atoms with Gasteiger partial charge in [0.15, 0.2) is 0 Å². The first-order chi connectivity index (χ1) is 13.0. The van der Waals surface area contributed by atoms with Crippen LogP contribution in [0.3, 0.4) is 0 Å². The molecule has 0 saturated carbocycles. The molecule has 6 nitrogen and oxygen atoms in total. The zero-order valence-electron chi connectivity index (χ0n) is 16.1. The van der Waals surface area contributed by atoms with Crippen LogP contribution in [0.1, 0.15) is 23.2 Å². The molecule has 1 aromatic carbocycles. The number of hydrogen-bond acceptors (Lipinski definition) is 5. The van der Waals surface area contributed by atoms with E-state index in [2.05, 4.69) is 9.88 Å². The first kappa shape index (κ1) is 19.3. The second-order valence-corrected chi connectivity index (χ2v) is 7.28. The highest BCUT2D eigenvalue weighted by Gasteiger charge is 2.23. The van der Waals surface area contributed by atoms with Crippen LogP contribution in [0.4, 0.5) is 5.69 Å². The average molecular weight is 368 g/mol. The molecular weight excluding hydrogens is 340 g/mol. The van der Waals surface area contributed by atoms with Gasteiger partial charge in [0.05, 0.1) is 11.8 Å². The van der Waals surface area contributed by atoms with Crippen LogP contribution in [0.2, 0.25) is 0 Å². The predicted molar refractivity (Wildman–Crippen MR) is 108 cm³/mol. The number of amides is 1. The van der Waals surface area contributed by atoms with Gasteiger partial charge in [-0.1, -0.05) is 12.1 Å². The summed E-state index contributed by atoms with van der Waals surface area (Å²) >= 11 is 0. The number of rotatable bonds is 7. The summed E-state index contributed by atoms with van der Waals surface area (Å²) in [7, 11) is 4.03. The molecule has 1 aliphatic heterocycles. The van der Waals surface area contributed by atoms with Crippen molar-refractivity contribution in [2.24, 2.45) is 0 Å². The van der Waals surface area contributed by atoms with Crippen molar-refractivity contribution in [2.45, 2.75) is 18.9 Å². The molecule has 0 aliphatic carbocycles. The monoisotopic (exact) mass is 368 g/mol. The molecule has 2 N–H and O–H groups in total. The number of nitrogens with zero attached hydrogens (tertiary/aromatic N) is 3. The summed E-state index contributed by atoms with van der Waals surface area (Å²) in [6, 6.07) is 9.52. The Morgan fingerprint density at radius 3 is 2.78 bits per heavy atom. The number of carbonyl (C=O) groups is 1. The van der Waals surface area contributed by atoms with Crippen LogP contribution in [-0.2, 0) is 4.74 Å². The molecule has 0 bridgehead atoms. The summed E-state index contributed by atoms with van der Waals surface area (Å²) < 4.78 is 5.75. The highest BCUT2D eigenvalue weighted by Crippen LogP contribution is 2.22.